The van der Waals surface area contributed by atoms with E-state index in [-0.39, 0.29) is 38.4 Å². The Labute approximate surface area is 165 Å². The summed E-state index contributed by atoms with van der Waals surface area (Å²) in [6.45, 7) is 0.576. The maximum atomic E-state index is 12.8. The van der Waals surface area contributed by atoms with E-state index >= 15 is 0 Å². The van der Waals surface area contributed by atoms with E-state index in [1.165, 1.54) is 0 Å². The lowest BCUT2D eigenvalue weighted by atomic mass is 9.96. The quantitative estimate of drug-likeness (QED) is 0.694. The average Bonchev–Trinajstić information content (AvgIpc) is 3.22. The van der Waals surface area contributed by atoms with Crippen LogP contribution in [0.25, 0.3) is 21.9 Å². The zero-order chi connectivity index (χ0) is 20.4. The lowest BCUT2D eigenvalue weighted by Crippen LogP contribution is -2.42. The van der Waals surface area contributed by atoms with Crippen molar-refractivity contribution in [1.29, 1.82) is 0 Å². The molecule has 0 atom stereocenters. The van der Waals surface area contributed by atoms with Crippen LogP contribution in [0.5, 0.6) is 0 Å². The van der Waals surface area contributed by atoms with E-state index in [0.717, 1.165) is 21.9 Å². The third-order valence-corrected chi connectivity index (χ3v) is 5.24. The Hall–Kier alpha value is -2.94. The number of halogens is 3. The van der Waals surface area contributed by atoms with E-state index in [1.807, 2.05) is 18.2 Å². The smallest absolute Gasteiger partial charge is 0.310 e. The van der Waals surface area contributed by atoms with Crippen LogP contribution in [0.3, 0.4) is 0 Å². The third kappa shape index (κ3) is 4.56. The molecule has 9 heteroatoms. The number of piperidine rings is 1. The first-order chi connectivity index (χ1) is 13.9. The normalized spacial score (nSPS) is 16.2. The van der Waals surface area contributed by atoms with Gasteiger partial charge in [0.05, 0.1) is 18.7 Å². The molecule has 1 aromatic carbocycles. The van der Waals surface area contributed by atoms with Crippen molar-refractivity contribution in [3.63, 3.8) is 0 Å². The first-order valence-electron chi connectivity index (χ1n) is 9.36. The summed E-state index contributed by atoms with van der Waals surface area (Å²) in [5.74, 6) is -1.14. The number of likely N-dealkylation sites (tertiary alicyclic amines) is 1. The Morgan fingerprint density at radius 1 is 1.14 bits per heavy atom. The summed E-state index contributed by atoms with van der Waals surface area (Å²) in [4.78, 5) is 18.3. The second-order valence-corrected chi connectivity index (χ2v) is 7.26. The molecule has 1 fully saturated rings. The number of aromatic nitrogens is 3. The number of carbonyl (C=O) groups is 1. The van der Waals surface area contributed by atoms with Gasteiger partial charge in [0.1, 0.15) is 5.82 Å². The number of benzene rings is 1. The van der Waals surface area contributed by atoms with Gasteiger partial charge < -0.3 is 5.32 Å². The maximum Gasteiger partial charge on any atom is 0.391 e. The van der Waals surface area contributed by atoms with Gasteiger partial charge in [0, 0.05) is 23.3 Å². The highest BCUT2D eigenvalue weighted by Gasteiger charge is 2.41. The molecule has 0 unspecified atom stereocenters. The number of hydrogen-bond donors (Lipinski definition) is 2. The largest absolute Gasteiger partial charge is 0.391 e. The van der Waals surface area contributed by atoms with E-state index in [2.05, 4.69) is 20.5 Å². The standard InChI is InChI=1S/C20H20F3N5O/c21-20(22,23)17-3-5-28(6-4-17)12-19(29)27-18-8-15-7-13(16-10-25-26-11-16)1-2-14(15)9-24-18/h1-2,7-11,17H,3-6,12H2,(H,25,26)(H,24,27,29). The summed E-state index contributed by atoms with van der Waals surface area (Å²) in [5, 5.41) is 11.3. The van der Waals surface area contributed by atoms with Crippen molar-refractivity contribution in [1.82, 2.24) is 20.1 Å². The van der Waals surface area contributed by atoms with Crippen LogP contribution in [0.2, 0.25) is 0 Å². The molecular weight excluding hydrogens is 383 g/mol. The lowest BCUT2D eigenvalue weighted by Gasteiger charge is -2.32. The topological polar surface area (TPSA) is 73.9 Å². The van der Waals surface area contributed by atoms with Crippen molar-refractivity contribution in [2.45, 2.75) is 19.0 Å². The molecule has 0 radical (unpaired) electrons. The van der Waals surface area contributed by atoms with Crippen molar-refractivity contribution < 1.29 is 18.0 Å². The van der Waals surface area contributed by atoms with Crippen LogP contribution in [0.1, 0.15) is 12.8 Å². The molecule has 1 saturated heterocycles. The zero-order valence-corrected chi connectivity index (χ0v) is 15.5. The Kier molecular flexibility index (Phi) is 5.23. The number of rotatable bonds is 4. The minimum absolute atomic E-state index is 0.0296. The monoisotopic (exact) mass is 403 g/mol. The van der Waals surface area contributed by atoms with Gasteiger partial charge in [-0.05, 0) is 49.0 Å². The number of nitrogens with zero attached hydrogens (tertiary/aromatic N) is 3. The van der Waals surface area contributed by atoms with Gasteiger partial charge in [-0.25, -0.2) is 4.98 Å². The van der Waals surface area contributed by atoms with E-state index in [1.54, 1.807) is 29.6 Å². The number of carbonyl (C=O) groups excluding carboxylic acids is 1. The molecule has 0 bridgehead atoms. The summed E-state index contributed by atoms with van der Waals surface area (Å²) in [6.07, 6.45) is 1.11. The number of fused-ring (bicyclic) bond motifs is 1. The van der Waals surface area contributed by atoms with Gasteiger partial charge in [-0.1, -0.05) is 12.1 Å². The molecule has 6 nitrogen and oxygen atoms in total. The average molecular weight is 403 g/mol. The number of nitrogens with one attached hydrogen (secondary N) is 2. The van der Waals surface area contributed by atoms with Gasteiger partial charge in [0.15, 0.2) is 0 Å². The molecule has 3 heterocycles. The van der Waals surface area contributed by atoms with Gasteiger partial charge in [-0.15, -0.1) is 0 Å². The molecular formula is C20H20F3N5O. The molecule has 152 valence electrons. The fourth-order valence-electron chi connectivity index (χ4n) is 3.60. The van der Waals surface area contributed by atoms with Crippen molar-refractivity contribution in [3.8, 4) is 11.1 Å². The zero-order valence-electron chi connectivity index (χ0n) is 15.5. The second kappa shape index (κ2) is 7.82. The van der Waals surface area contributed by atoms with Crippen molar-refractivity contribution in [2.75, 3.05) is 25.0 Å². The molecule has 1 aliphatic heterocycles. The Morgan fingerprint density at radius 3 is 2.62 bits per heavy atom. The number of amides is 1. The second-order valence-electron chi connectivity index (χ2n) is 7.26. The predicted molar refractivity (Wildman–Crippen MR) is 103 cm³/mol. The molecule has 1 aliphatic rings. The number of hydrogen-bond acceptors (Lipinski definition) is 4. The summed E-state index contributed by atoms with van der Waals surface area (Å²) >= 11 is 0. The van der Waals surface area contributed by atoms with Crippen molar-refractivity contribution in [3.05, 3.63) is 42.9 Å². The molecule has 29 heavy (non-hydrogen) atoms. The Balaban J connectivity index is 1.39. The molecule has 0 aliphatic carbocycles. The summed E-state index contributed by atoms with van der Waals surface area (Å²) < 4.78 is 38.3. The summed E-state index contributed by atoms with van der Waals surface area (Å²) in [6, 6.07) is 7.69. The predicted octanol–water partition coefficient (Wildman–Crippen LogP) is 3.84. The SMILES string of the molecule is O=C(CN1CCC(C(F)(F)F)CC1)Nc1cc2cc(-c3cn[nH]c3)ccc2cn1. The third-order valence-electron chi connectivity index (χ3n) is 5.24. The van der Waals surface area contributed by atoms with Crippen LogP contribution >= 0.6 is 0 Å². The van der Waals surface area contributed by atoms with Crippen LogP contribution in [0.15, 0.2) is 42.9 Å². The first kappa shape index (κ1) is 19.4. The van der Waals surface area contributed by atoms with Crippen molar-refractivity contribution in [2.24, 2.45) is 5.92 Å². The van der Waals surface area contributed by atoms with Gasteiger partial charge in [-0.3, -0.25) is 14.8 Å². The highest BCUT2D eigenvalue weighted by molar-refractivity contribution is 5.94. The number of alkyl halides is 3. The van der Waals surface area contributed by atoms with Gasteiger partial charge in [0.2, 0.25) is 5.91 Å². The fraction of sp³-hybridized carbons (Fsp3) is 0.350. The number of pyridine rings is 1. The Morgan fingerprint density at radius 2 is 1.93 bits per heavy atom. The van der Waals surface area contributed by atoms with Crippen LogP contribution in [-0.2, 0) is 4.79 Å². The van der Waals surface area contributed by atoms with Gasteiger partial charge in [-0.2, -0.15) is 18.3 Å². The molecule has 1 amide bonds. The van der Waals surface area contributed by atoms with Gasteiger partial charge in [0.25, 0.3) is 0 Å². The summed E-state index contributed by atoms with van der Waals surface area (Å²) in [5.41, 5.74) is 1.94. The van der Waals surface area contributed by atoms with E-state index in [9.17, 15) is 18.0 Å². The number of aromatic amines is 1. The molecule has 4 rings (SSSR count). The highest BCUT2D eigenvalue weighted by atomic mass is 19.4. The fourth-order valence-corrected chi connectivity index (χ4v) is 3.60. The first-order valence-corrected chi connectivity index (χ1v) is 9.36. The lowest BCUT2D eigenvalue weighted by molar-refractivity contribution is -0.184. The van der Waals surface area contributed by atoms with E-state index in [4.69, 9.17) is 0 Å². The van der Waals surface area contributed by atoms with E-state index in [0.29, 0.717) is 5.82 Å². The molecule has 2 N–H and O–H groups in total. The summed E-state index contributed by atoms with van der Waals surface area (Å²) in [7, 11) is 0. The van der Waals surface area contributed by atoms with Crippen LogP contribution in [0.4, 0.5) is 19.0 Å². The minimum atomic E-state index is -4.15. The van der Waals surface area contributed by atoms with Crippen LogP contribution < -0.4 is 5.32 Å². The number of anilines is 1. The molecule has 2 aromatic heterocycles. The molecule has 0 spiro atoms. The van der Waals surface area contributed by atoms with Crippen LogP contribution in [0, 0.1) is 5.92 Å². The van der Waals surface area contributed by atoms with E-state index < -0.39 is 12.1 Å². The Bertz CT molecular complexity index is 995. The maximum absolute atomic E-state index is 12.8. The molecule has 3 aromatic rings. The van der Waals surface area contributed by atoms with Gasteiger partial charge >= 0.3 is 6.18 Å². The minimum Gasteiger partial charge on any atom is -0.310 e. The van der Waals surface area contributed by atoms with Crippen molar-refractivity contribution >= 4 is 22.5 Å². The highest BCUT2D eigenvalue weighted by Crippen LogP contribution is 2.34. The van der Waals surface area contributed by atoms with Crippen LogP contribution in [-0.4, -0.2) is 51.8 Å². The molecule has 0 saturated carbocycles. The number of H-pyrrole nitrogens is 1.